The summed E-state index contributed by atoms with van der Waals surface area (Å²) in [5, 5.41) is 20.3. The summed E-state index contributed by atoms with van der Waals surface area (Å²) in [6, 6.07) is 10.5. The lowest BCUT2D eigenvalue weighted by atomic mass is 9.80. The van der Waals surface area contributed by atoms with Gasteiger partial charge in [-0.15, -0.1) is 10.2 Å². The van der Waals surface area contributed by atoms with E-state index >= 15 is 0 Å². The van der Waals surface area contributed by atoms with Gasteiger partial charge in [-0.3, -0.25) is 19.2 Å². The van der Waals surface area contributed by atoms with Crippen LogP contribution in [0.25, 0.3) is 16.6 Å². The molecule has 4 aromatic rings. The van der Waals surface area contributed by atoms with Crippen LogP contribution in [0, 0.1) is 5.92 Å². The Morgan fingerprint density at radius 2 is 1.97 bits per heavy atom. The number of hydroxylamine groups is 3. The van der Waals surface area contributed by atoms with Gasteiger partial charge < -0.3 is 5.32 Å². The summed E-state index contributed by atoms with van der Waals surface area (Å²) in [7, 11) is 1.87. The molecule has 0 spiro atoms. The molecule has 38 heavy (non-hydrogen) atoms. The van der Waals surface area contributed by atoms with Crippen LogP contribution < -0.4 is 10.4 Å². The van der Waals surface area contributed by atoms with Crippen molar-refractivity contribution in [3.05, 3.63) is 59.0 Å². The van der Waals surface area contributed by atoms with Gasteiger partial charge in [0, 0.05) is 29.3 Å². The molecule has 198 valence electrons. The number of fused-ring (bicyclic) bond motifs is 1. The minimum atomic E-state index is -0.514. The number of amides is 1. The Morgan fingerprint density at radius 1 is 1.11 bits per heavy atom. The highest BCUT2D eigenvalue weighted by Crippen LogP contribution is 2.34. The number of nitrogens with zero attached hydrogens (tertiary/aromatic N) is 7. The van der Waals surface area contributed by atoms with Gasteiger partial charge in [0.15, 0.2) is 18.6 Å². The topological polar surface area (TPSA) is 103 Å². The Bertz CT molecular complexity index is 1460. The van der Waals surface area contributed by atoms with E-state index in [1.807, 2.05) is 31.4 Å². The minimum absolute atomic E-state index is 0.0475. The molecule has 13 heteroatoms. The number of hydrogen-bond acceptors (Lipinski definition) is 8. The van der Waals surface area contributed by atoms with E-state index in [1.165, 1.54) is 11.1 Å². The zero-order chi connectivity index (χ0) is 26.2. The lowest BCUT2D eigenvalue weighted by Gasteiger charge is -2.40. The van der Waals surface area contributed by atoms with Gasteiger partial charge in [-0.25, -0.2) is 9.75 Å². The third-order valence-electron chi connectivity index (χ3n) is 6.92. The summed E-state index contributed by atoms with van der Waals surface area (Å²) < 4.78 is 3.29. The van der Waals surface area contributed by atoms with Gasteiger partial charge in [0.1, 0.15) is 6.04 Å². The highest BCUT2D eigenvalue weighted by atomic mass is 35.5. The molecule has 6 rings (SSSR count). The zero-order valence-corrected chi connectivity index (χ0v) is 22.1. The molecule has 0 radical (unpaired) electrons. The molecule has 1 saturated heterocycles. The SMILES string of the molecule is Cn1cc2cc(NC(=O)C(CC3CCC3)N3CON(c4cc(Cl)ccc4-n4cc(Cl)nn4)CO3)ccc2n1. The monoisotopic (exact) mass is 556 g/mol. The van der Waals surface area contributed by atoms with Crippen LogP contribution in [0.4, 0.5) is 11.4 Å². The first-order valence-corrected chi connectivity index (χ1v) is 13.1. The van der Waals surface area contributed by atoms with Crippen LogP contribution >= 0.6 is 23.2 Å². The molecule has 11 nitrogen and oxygen atoms in total. The van der Waals surface area contributed by atoms with Crippen LogP contribution in [-0.4, -0.2) is 55.2 Å². The molecule has 2 aromatic carbocycles. The third-order valence-corrected chi connectivity index (χ3v) is 7.33. The van der Waals surface area contributed by atoms with E-state index in [-0.39, 0.29) is 24.5 Å². The number of nitrogens with one attached hydrogen (secondary N) is 1. The summed E-state index contributed by atoms with van der Waals surface area (Å²) >= 11 is 12.3. The van der Waals surface area contributed by atoms with Crippen LogP contribution in [0.5, 0.6) is 0 Å². The van der Waals surface area contributed by atoms with Crippen molar-refractivity contribution in [2.24, 2.45) is 13.0 Å². The van der Waals surface area contributed by atoms with E-state index in [2.05, 4.69) is 20.7 Å². The largest absolute Gasteiger partial charge is 0.325 e. The first-order chi connectivity index (χ1) is 18.4. The Kier molecular flexibility index (Phi) is 6.93. The van der Waals surface area contributed by atoms with Crippen molar-refractivity contribution in [1.82, 2.24) is 29.8 Å². The number of rotatable bonds is 7. The van der Waals surface area contributed by atoms with E-state index in [0.717, 1.165) is 23.7 Å². The van der Waals surface area contributed by atoms with Crippen LogP contribution in [0.3, 0.4) is 0 Å². The van der Waals surface area contributed by atoms with Gasteiger partial charge in [0.25, 0.3) is 0 Å². The van der Waals surface area contributed by atoms with Crippen molar-refractivity contribution in [2.45, 2.75) is 31.7 Å². The molecule has 3 heterocycles. The smallest absolute Gasteiger partial charge is 0.244 e. The first kappa shape index (κ1) is 25.1. The van der Waals surface area contributed by atoms with E-state index in [0.29, 0.717) is 34.4 Å². The van der Waals surface area contributed by atoms with Crippen LogP contribution in [0.15, 0.2) is 48.8 Å². The van der Waals surface area contributed by atoms with E-state index in [4.69, 9.17) is 32.9 Å². The normalized spacial score (nSPS) is 17.5. The van der Waals surface area contributed by atoms with Gasteiger partial charge in [-0.2, -0.15) is 5.10 Å². The van der Waals surface area contributed by atoms with Gasteiger partial charge in [0.2, 0.25) is 5.91 Å². The Labute approximate surface area is 228 Å². The number of aryl methyl sites for hydroxylation is 1. The molecule has 2 aromatic heterocycles. The first-order valence-electron chi connectivity index (χ1n) is 12.3. The zero-order valence-electron chi connectivity index (χ0n) is 20.6. The summed E-state index contributed by atoms with van der Waals surface area (Å²) in [6.45, 7) is 0.0996. The predicted octanol–water partition coefficient (Wildman–Crippen LogP) is 4.56. The second-order valence-electron chi connectivity index (χ2n) is 9.54. The lowest BCUT2D eigenvalue weighted by Crippen LogP contribution is -2.52. The fourth-order valence-electron chi connectivity index (χ4n) is 4.75. The molecule has 1 aliphatic heterocycles. The number of carbonyl (C=O) groups excluding carboxylic acids is 1. The molecule has 2 aliphatic rings. The number of halogens is 2. The van der Waals surface area contributed by atoms with Crippen molar-refractivity contribution in [3.63, 3.8) is 0 Å². The van der Waals surface area contributed by atoms with E-state index < -0.39 is 6.04 Å². The van der Waals surface area contributed by atoms with Crippen molar-refractivity contribution >= 4 is 51.4 Å². The minimum Gasteiger partial charge on any atom is -0.325 e. The molecule has 1 atom stereocenters. The molecule has 1 N–H and O–H groups in total. The summed E-state index contributed by atoms with van der Waals surface area (Å²) in [5.41, 5.74) is 2.88. The fraction of sp³-hybridized carbons (Fsp3) is 0.360. The molecule has 1 unspecified atom stereocenters. The van der Waals surface area contributed by atoms with Gasteiger partial charge in [-0.05, 0) is 48.7 Å². The van der Waals surface area contributed by atoms with Gasteiger partial charge >= 0.3 is 0 Å². The van der Waals surface area contributed by atoms with Gasteiger partial charge in [0.05, 0.1) is 23.1 Å². The van der Waals surface area contributed by atoms with Crippen LogP contribution in [0.1, 0.15) is 25.7 Å². The molecular weight excluding hydrogens is 531 g/mol. The quantitative estimate of drug-likeness (QED) is 0.353. The average molecular weight is 557 g/mol. The summed E-state index contributed by atoms with van der Waals surface area (Å²) in [5.74, 6) is 0.336. The van der Waals surface area contributed by atoms with Crippen molar-refractivity contribution in [3.8, 4) is 5.69 Å². The molecule has 0 bridgehead atoms. The number of anilines is 2. The van der Waals surface area contributed by atoms with Crippen molar-refractivity contribution < 1.29 is 14.5 Å². The standard InChI is InChI=1S/C25H26Cl2N8O3/c1-32-12-17-10-19(6-7-20(17)30-32)28-25(36)23(9-16-3-2-4-16)35-15-37-34(14-38-35)22-11-18(26)5-8-21(22)33-13-24(27)29-31-33/h5-8,10-13,16,23H,2-4,9,14-15H2,1H3,(H,28,36). The molecule has 1 aliphatic carbocycles. The maximum absolute atomic E-state index is 13.5. The maximum atomic E-state index is 13.5. The molecule has 1 amide bonds. The second kappa shape index (κ2) is 10.5. The lowest BCUT2D eigenvalue weighted by molar-refractivity contribution is -0.281. The molecule has 1 saturated carbocycles. The van der Waals surface area contributed by atoms with E-state index in [1.54, 1.807) is 39.2 Å². The molecular formula is C25H26Cl2N8O3. The summed E-state index contributed by atoms with van der Waals surface area (Å²) in [4.78, 5) is 25.7. The molecule has 2 fully saturated rings. The maximum Gasteiger partial charge on any atom is 0.244 e. The Morgan fingerprint density at radius 3 is 2.68 bits per heavy atom. The Hall–Kier alpha value is -3.22. The number of benzene rings is 2. The van der Waals surface area contributed by atoms with E-state index in [9.17, 15) is 4.79 Å². The van der Waals surface area contributed by atoms with Crippen LogP contribution in [0.2, 0.25) is 10.2 Å². The van der Waals surface area contributed by atoms with Crippen molar-refractivity contribution in [2.75, 3.05) is 23.8 Å². The van der Waals surface area contributed by atoms with Gasteiger partial charge in [-0.1, -0.05) is 47.7 Å². The second-order valence-corrected chi connectivity index (χ2v) is 10.4. The fourth-order valence-corrected chi connectivity index (χ4v) is 5.04. The average Bonchev–Trinajstić information content (AvgIpc) is 3.47. The van der Waals surface area contributed by atoms with Crippen LogP contribution in [-0.2, 0) is 21.5 Å². The highest BCUT2D eigenvalue weighted by Gasteiger charge is 2.35. The predicted molar refractivity (Wildman–Crippen MR) is 143 cm³/mol. The number of carbonyl (C=O) groups is 1. The number of aromatic nitrogens is 5. The highest BCUT2D eigenvalue weighted by molar-refractivity contribution is 6.31. The Balaban J connectivity index is 1.18. The number of hydrogen-bond donors (Lipinski definition) is 1. The summed E-state index contributed by atoms with van der Waals surface area (Å²) in [6.07, 6.45) is 7.60. The third kappa shape index (κ3) is 5.20. The van der Waals surface area contributed by atoms with Crippen molar-refractivity contribution in [1.29, 1.82) is 0 Å².